The van der Waals surface area contributed by atoms with E-state index in [1.807, 2.05) is 12.1 Å². The minimum absolute atomic E-state index is 0.0165. The van der Waals surface area contributed by atoms with Gasteiger partial charge in [-0.3, -0.25) is 9.11 Å². The third-order valence-electron chi connectivity index (χ3n) is 16.4. The van der Waals surface area contributed by atoms with Gasteiger partial charge in [-0.25, -0.2) is 4.79 Å². The molecule has 5 fully saturated rings. The Hall–Kier alpha value is -1.64. The first-order valence-electron chi connectivity index (χ1n) is 19.4. The van der Waals surface area contributed by atoms with Crippen LogP contribution in [0.4, 0.5) is 0 Å². The summed E-state index contributed by atoms with van der Waals surface area (Å²) in [5.74, 6) is 3.33. The maximum Gasteiger partial charge on any atom is 0.335 e. The number of benzene rings is 1. The van der Waals surface area contributed by atoms with Crippen LogP contribution in [0.25, 0.3) is 5.57 Å². The van der Waals surface area contributed by atoms with E-state index in [-0.39, 0.29) is 33.2 Å². The van der Waals surface area contributed by atoms with E-state index in [1.165, 1.54) is 68.1 Å². The topological polar surface area (TPSA) is 102 Å². The van der Waals surface area contributed by atoms with Crippen molar-refractivity contribution in [2.24, 2.45) is 51.2 Å². The van der Waals surface area contributed by atoms with Gasteiger partial charge in [-0.05, 0) is 146 Å². The second-order valence-electron chi connectivity index (χ2n) is 18.8. The summed E-state index contributed by atoms with van der Waals surface area (Å²) in [6.07, 6.45) is 14.7. The Labute approximate surface area is 297 Å². The summed E-state index contributed by atoms with van der Waals surface area (Å²) in [6, 6.07) is 7.82. The summed E-state index contributed by atoms with van der Waals surface area (Å²) in [4.78, 5) is 11.5. The molecule has 0 bridgehead atoms. The van der Waals surface area contributed by atoms with Crippen LogP contribution in [0.5, 0.6) is 0 Å². The van der Waals surface area contributed by atoms with Crippen molar-refractivity contribution < 1.29 is 19.0 Å². The molecule has 0 radical (unpaired) electrons. The molecule has 1 saturated heterocycles. The zero-order chi connectivity index (χ0) is 35.2. The maximum absolute atomic E-state index is 11.5. The van der Waals surface area contributed by atoms with Crippen LogP contribution >= 0.6 is 10.6 Å². The fraction of sp³-hybridized carbons (Fsp3) is 0.738. The number of hydrogen-bond acceptors (Lipinski definition) is 5. The van der Waals surface area contributed by atoms with Gasteiger partial charge in [0.25, 0.3) is 0 Å². The zero-order valence-electron chi connectivity index (χ0n) is 31.1. The summed E-state index contributed by atoms with van der Waals surface area (Å²) in [5, 5.41) is 17.3. The van der Waals surface area contributed by atoms with E-state index in [4.69, 9.17) is 0 Å². The molecule has 1 aromatic rings. The van der Waals surface area contributed by atoms with Crippen molar-refractivity contribution in [3.63, 3.8) is 0 Å². The van der Waals surface area contributed by atoms with Crippen LogP contribution in [0.3, 0.4) is 0 Å². The van der Waals surface area contributed by atoms with Gasteiger partial charge in [0.1, 0.15) is 0 Å². The highest BCUT2D eigenvalue weighted by Gasteiger charge is 2.70. The van der Waals surface area contributed by atoms with Crippen LogP contribution in [-0.2, 0) is 0 Å². The van der Waals surface area contributed by atoms with Crippen molar-refractivity contribution in [2.75, 3.05) is 24.6 Å². The van der Waals surface area contributed by atoms with Gasteiger partial charge in [-0.2, -0.15) is 10.6 Å². The molecule has 272 valence electrons. The van der Waals surface area contributed by atoms with Crippen molar-refractivity contribution in [1.29, 1.82) is 0 Å². The SMILES string of the molecule is C=C(C)[C@@H]1CC[C@]2(NCCNC3CCS(O)(O)C3)CC[C@]3(C)[C@H](CC[C@@H]4[C@@]5(C)CC=C(c6ccc(C(=O)O)cc6)C(C)(C)[C@@H]5CC[C@]43C)[C@@H]12. The fourth-order valence-electron chi connectivity index (χ4n) is 13.9. The number of allylic oxidation sites excluding steroid dienone is 3. The van der Waals surface area contributed by atoms with Gasteiger partial charge in [-0.15, -0.1) is 0 Å². The van der Waals surface area contributed by atoms with Crippen LogP contribution in [0, 0.1) is 51.2 Å². The molecule has 1 aromatic carbocycles. The number of fused-ring (bicyclic) bond motifs is 7. The molecule has 4 saturated carbocycles. The molecule has 7 rings (SSSR count). The average Bonchev–Trinajstić information content (AvgIpc) is 3.59. The number of aromatic carboxylic acids is 1. The number of hydrogen-bond donors (Lipinski definition) is 5. The Bertz CT molecular complexity index is 1500. The lowest BCUT2D eigenvalue weighted by atomic mass is 9.33. The molecular formula is C42H64N2O4S. The minimum Gasteiger partial charge on any atom is -0.478 e. The molecule has 0 spiro atoms. The molecule has 10 atom stereocenters. The standard InChI is InChI=1S/C42H64N2O4S/c1-27(2)31-14-20-42(44-24-23-43-30-17-25-49(47,48)26-30)22-21-40(6)33(36(31)42)12-13-35-39(5)18-15-32(28-8-10-29(11-9-28)37(45)46)38(3,4)34(39)16-19-41(35,40)7/h8-11,15,30-31,33-36,43-44,47-48H,1,12-14,16-26H2,2-7H3,(H,45,46)/t30?,31-,33+,34-,35+,36+,39-,40+,41+,42-/m0/s1. The largest absolute Gasteiger partial charge is 0.478 e. The van der Waals surface area contributed by atoms with Crippen molar-refractivity contribution in [3.05, 3.63) is 53.6 Å². The number of rotatable bonds is 8. The number of carboxylic acid groups (broad SMARTS) is 1. The Balaban J connectivity index is 1.13. The average molecular weight is 693 g/mol. The monoisotopic (exact) mass is 692 g/mol. The van der Waals surface area contributed by atoms with Crippen molar-refractivity contribution in [1.82, 2.24) is 10.6 Å². The van der Waals surface area contributed by atoms with Crippen LogP contribution in [0.15, 0.2) is 42.5 Å². The van der Waals surface area contributed by atoms with Gasteiger partial charge >= 0.3 is 5.97 Å². The maximum atomic E-state index is 11.5. The van der Waals surface area contributed by atoms with Crippen LogP contribution in [0.1, 0.15) is 122 Å². The van der Waals surface area contributed by atoms with E-state index in [0.29, 0.717) is 46.7 Å². The number of nitrogens with one attached hydrogen (secondary N) is 2. The second kappa shape index (κ2) is 12.2. The van der Waals surface area contributed by atoms with Gasteiger partial charge in [-0.1, -0.05) is 65.0 Å². The molecule has 5 N–H and O–H groups in total. The first-order valence-corrected chi connectivity index (χ1v) is 21.3. The van der Waals surface area contributed by atoms with Crippen LogP contribution < -0.4 is 10.6 Å². The molecule has 5 aliphatic carbocycles. The van der Waals surface area contributed by atoms with E-state index in [9.17, 15) is 19.0 Å². The lowest BCUT2D eigenvalue weighted by Crippen LogP contribution is -2.68. The summed E-state index contributed by atoms with van der Waals surface area (Å²) < 4.78 is 20.2. The van der Waals surface area contributed by atoms with Crippen LogP contribution in [-0.4, -0.2) is 56.4 Å². The van der Waals surface area contributed by atoms with Gasteiger partial charge in [0.15, 0.2) is 0 Å². The molecule has 7 heteroatoms. The molecule has 1 heterocycles. The number of carboxylic acids is 1. The Kier molecular flexibility index (Phi) is 8.91. The predicted octanol–water partition coefficient (Wildman–Crippen LogP) is 9.49. The predicted molar refractivity (Wildman–Crippen MR) is 203 cm³/mol. The highest BCUT2D eigenvalue weighted by atomic mass is 32.3. The summed E-state index contributed by atoms with van der Waals surface area (Å²) in [5.41, 5.74) is 5.29. The van der Waals surface area contributed by atoms with E-state index >= 15 is 0 Å². The molecule has 6 nitrogen and oxygen atoms in total. The van der Waals surface area contributed by atoms with E-state index < -0.39 is 16.6 Å². The first kappa shape index (κ1) is 35.7. The molecule has 49 heavy (non-hydrogen) atoms. The minimum atomic E-state index is -2.37. The van der Waals surface area contributed by atoms with Crippen molar-refractivity contribution >= 4 is 22.1 Å². The van der Waals surface area contributed by atoms with Crippen molar-refractivity contribution in [3.8, 4) is 0 Å². The molecule has 0 aromatic heterocycles. The summed E-state index contributed by atoms with van der Waals surface area (Å²) >= 11 is 0. The Morgan fingerprint density at radius 3 is 2.29 bits per heavy atom. The lowest BCUT2D eigenvalue weighted by molar-refractivity contribution is -0.219. The molecule has 6 aliphatic rings. The summed E-state index contributed by atoms with van der Waals surface area (Å²) in [7, 11) is -2.37. The third kappa shape index (κ3) is 5.54. The Morgan fingerprint density at radius 1 is 0.898 bits per heavy atom. The van der Waals surface area contributed by atoms with E-state index in [0.717, 1.165) is 25.9 Å². The first-order chi connectivity index (χ1) is 23.0. The van der Waals surface area contributed by atoms with Crippen molar-refractivity contribution in [2.45, 2.75) is 117 Å². The number of carbonyl (C=O) groups is 1. The van der Waals surface area contributed by atoms with E-state index in [1.54, 1.807) is 12.1 Å². The third-order valence-corrected chi connectivity index (χ3v) is 18.2. The Morgan fingerprint density at radius 2 is 1.63 bits per heavy atom. The lowest BCUT2D eigenvalue weighted by Gasteiger charge is -2.72. The van der Waals surface area contributed by atoms with Crippen LogP contribution in [0.2, 0.25) is 0 Å². The summed E-state index contributed by atoms with van der Waals surface area (Å²) in [6.45, 7) is 21.7. The smallest absolute Gasteiger partial charge is 0.335 e. The quantitative estimate of drug-likeness (QED) is 0.137. The van der Waals surface area contributed by atoms with Gasteiger partial charge in [0, 0.05) is 30.4 Å². The van der Waals surface area contributed by atoms with E-state index in [2.05, 4.69) is 64.8 Å². The molecular weight excluding hydrogens is 629 g/mol. The fourth-order valence-corrected chi connectivity index (χ4v) is 15.7. The highest BCUT2D eigenvalue weighted by Crippen LogP contribution is 2.76. The highest BCUT2D eigenvalue weighted by molar-refractivity contribution is 8.24. The zero-order valence-corrected chi connectivity index (χ0v) is 31.9. The molecule has 0 amide bonds. The van der Waals surface area contributed by atoms with Gasteiger partial charge in [0.2, 0.25) is 0 Å². The van der Waals surface area contributed by atoms with Gasteiger partial charge in [0.05, 0.1) is 11.3 Å². The molecule has 1 aliphatic heterocycles. The van der Waals surface area contributed by atoms with Gasteiger partial charge < -0.3 is 15.7 Å². The second-order valence-corrected chi connectivity index (χ2v) is 21.2. The molecule has 1 unspecified atom stereocenters. The normalized spacial score (nSPS) is 44.1.